The van der Waals surface area contributed by atoms with Gasteiger partial charge in [0.2, 0.25) is 0 Å². The number of hydrogen-bond acceptors (Lipinski definition) is 4. The molecule has 1 amide bonds. The van der Waals surface area contributed by atoms with Crippen LogP contribution in [0.2, 0.25) is 0 Å². The molecule has 3 rings (SSSR count). The molecule has 21 heavy (non-hydrogen) atoms. The monoisotopic (exact) mass is 295 g/mol. The van der Waals surface area contributed by atoms with E-state index < -0.39 is 0 Å². The summed E-state index contributed by atoms with van der Waals surface area (Å²) >= 11 is 1.28. The molecule has 5 heteroatoms. The third-order valence-corrected chi connectivity index (χ3v) is 4.34. The maximum atomic E-state index is 12.2. The van der Waals surface area contributed by atoms with Crippen LogP contribution in [0, 0.1) is 12.3 Å². The minimum absolute atomic E-state index is 0.259. The Kier molecular flexibility index (Phi) is 3.24. The van der Waals surface area contributed by atoms with Crippen LogP contribution < -0.4 is 11.1 Å². The fraction of sp³-hybridized carbons (Fsp3) is 0.125. The first kappa shape index (κ1) is 13.4. The van der Waals surface area contributed by atoms with Crippen molar-refractivity contribution in [2.45, 2.75) is 13.0 Å². The maximum Gasteiger partial charge on any atom is 0.264 e. The van der Waals surface area contributed by atoms with Crippen LogP contribution in [0.1, 0.15) is 16.6 Å². The molecule has 1 atom stereocenters. The van der Waals surface area contributed by atoms with Gasteiger partial charge in [-0.15, -0.1) is 17.8 Å². The molecule has 0 aliphatic carbocycles. The first-order chi connectivity index (χ1) is 10.1. The number of nitrogens with one attached hydrogen (secondary N) is 1. The van der Waals surface area contributed by atoms with Crippen LogP contribution in [0.3, 0.4) is 0 Å². The molecule has 0 saturated heterocycles. The van der Waals surface area contributed by atoms with Crippen LogP contribution in [0.5, 0.6) is 0 Å². The van der Waals surface area contributed by atoms with Crippen molar-refractivity contribution < 1.29 is 4.79 Å². The van der Waals surface area contributed by atoms with Gasteiger partial charge in [-0.25, -0.2) is 4.98 Å². The zero-order valence-corrected chi connectivity index (χ0v) is 12.2. The number of rotatable bonds is 2. The standard InChI is InChI=1S/C16H13N3OS/c1-3-9(2)18-15(20)14-13(17)11-8-10-6-4-5-7-12(10)19-16(11)21-14/h1,4-9H,17H2,2H3,(H,18,20). The quantitative estimate of drug-likeness (QED) is 0.714. The van der Waals surface area contributed by atoms with Gasteiger partial charge in [-0.3, -0.25) is 4.79 Å². The predicted molar refractivity (Wildman–Crippen MR) is 87.3 cm³/mol. The summed E-state index contributed by atoms with van der Waals surface area (Å²) in [6.45, 7) is 1.74. The van der Waals surface area contributed by atoms with Crippen molar-refractivity contribution in [3.8, 4) is 12.3 Å². The Morgan fingerprint density at radius 1 is 1.48 bits per heavy atom. The van der Waals surface area contributed by atoms with Crippen LogP contribution in [-0.2, 0) is 0 Å². The molecule has 2 aromatic heterocycles. The van der Waals surface area contributed by atoms with Crippen LogP contribution in [0.25, 0.3) is 21.1 Å². The number of pyridine rings is 1. The Morgan fingerprint density at radius 2 is 2.24 bits per heavy atom. The van der Waals surface area contributed by atoms with Gasteiger partial charge in [0.05, 0.1) is 17.2 Å². The first-order valence-electron chi connectivity index (χ1n) is 6.45. The third kappa shape index (κ3) is 2.30. The second-order valence-corrected chi connectivity index (χ2v) is 5.74. The van der Waals surface area contributed by atoms with Crippen molar-refractivity contribution in [2.75, 3.05) is 5.73 Å². The van der Waals surface area contributed by atoms with Crippen LogP contribution >= 0.6 is 11.3 Å². The van der Waals surface area contributed by atoms with E-state index in [-0.39, 0.29) is 11.9 Å². The molecule has 2 heterocycles. The number of amides is 1. The molecule has 0 aliphatic heterocycles. The number of para-hydroxylation sites is 1. The van der Waals surface area contributed by atoms with Crippen molar-refractivity contribution in [3.05, 3.63) is 35.2 Å². The summed E-state index contributed by atoms with van der Waals surface area (Å²) in [6, 6.07) is 9.41. The van der Waals surface area contributed by atoms with E-state index in [1.807, 2.05) is 30.3 Å². The number of carbonyl (C=O) groups excluding carboxylic acids is 1. The van der Waals surface area contributed by atoms with Gasteiger partial charge >= 0.3 is 0 Å². The number of nitrogens with zero attached hydrogens (tertiary/aromatic N) is 1. The molecule has 0 fully saturated rings. The molecule has 3 N–H and O–H groups in total. The molecule has 1 aromatic carbocycles. The Hall–Kier alpha value is -2.58. The van der Waals surface area contributed by atoms with E-state index in [4.69, 9.17) is 12.2 Å². The fourth-order valence-electron chi connectivity index (χ4n) is 2.12. The highest BCUT2D eigenvalue weighted by atomic mass is 32.1. The molecule has 0 radical (unpaired) electrons. The summed E-state index contributed by atoms with van der Waals surface area (Å²) in [5.74, 6) is 2.20. The van der Waals surface area contributed by atoms with Gasteiger partial charge in [-0.2, -0.15) is 0 Å². The normalized spacial score (nSPS) is 12.2. The van der Waals surface area contributed by atoms with E-state index in [0.717, 1.165) is 21.1 Å². The number of hydrogen-bond donors (Lipinski definition) is 2. The number of anilines is 1. The SMILES string of the molecule is C#CC(C)NC(=O)c1sc2nc3ccccc3cc2c1N. The van der Waals surface area contributed by atoms with E-state index in [9.17, 15) is 4.79 Å². The second-order valence-electron chi connectivity index (χ2n) is 4.74. The number of aromatic nitrogens is 1. The number of nitrogen functional groups attached to an aromatic ring is 1. The molecule has 0 bridgehead atoms. The molecular weight excluding hydrogens is 282 g/mol. The Labute approximate surface area is 126 Å². The highest BCUT2D eigenvalue weighted by molar-refractivity contribution is 7.21. The average Bonchev–Trinajstić information content (AvgIpc) is 2.81. The van der Waals surface area contributed by atoms with Gasteiger partial charge in [0.15, 0.2) is 0 Å². The molecule has 4 nitrogen and oxygen atoms in total. The minimum atomic E-state index is -0.339. The summed E-state index contributed by atoms with van der Waals surface area (Å²) in [5.41, 5.74) is 7.44. The molecule has 0 spiro atoms. The number of thiophene rings is 1. The van der Waals surface area contributed by atoms with E-state index in [1.165, 1.54) is 11.3 Å². The summed E-state index contributed by atoms with van der Waals surface area (Å²) < 4.78 is 0. The topological polar surface area (TPSA) is 68.0 Å². The van der Waals surface area contributed by atoms with Crippen molar-refractivity contribution in [2.24, 2.45) is 0 Å². The second kappa shape index (κ2) is 5.08. The van der Waals surface area contributed by atoms with E-state index >= 15 is 0 Å². The predicted octanol–water partition coefficient (Wildman–Crippen LogP) is 2.78. The number of carbonyl (C=O) groups is 1. The molecule has 0 aliphatic rings. The van der Waals surface area contributed by atoms with Crippen molar-refractivity contribution in [3.63, 3.8) is 0 Å². The summed E-state index contributed by atoms with van der Waals surface area (Å²) in [7, 11) is 0. The van der Waals surface area contributed by atoms with Crippen LogP contribution in [0.15, 0.2) is 30.3 Å². The maximum absolute atomic E-state index is 12.2. The largest absolute Gasteiger partial charge is 0.397 e. The molecule has 0 saturated carbocycles. The Balaban J connectivity index is 2.13. The molecular formula is C16H13N3OS. The van der Waals surface area contributed by atoms with E-state index in [1.54, 1.807) is 6.92 Å². The number of benzene rings is 1. The summed E-state index contributed by atoms with van der Waals surface area (Å²) in [4.78, 5) is 18.0. The lowest BCUT2D eigenvalue weighted by Crippen LogP contribution is -2.31. The molecule has 1 unspecified atom stereocenters. The minimum Gasteiger partial charge on any atom is -0.397 e. The van der Waals surface area contributed by atoms with Crippen molar-refractivity contribution in [1.82, 2.24) is 10.3 Å². The van der Waals surface area contributed by atoms with Gasteiger partial charge < -0.3 is 11.1 Å². The Morgan fingerprint density at radius 3 is 3.00 bits per heavy atom. The lowest BCUT2D eigenvalue weighted by atomic mass is 10.1. The average molecular weight is 295 g/mol. The van der Waals surface area contributed by atoms with Gasteiger partial charge in [-0.05, 0) is 19.1 Å². The third-order valence-electron chi connectivity index (χ3n) is 3.23. The number of fused-ring (bicyclic) bond motifs is 2. The molecule has 104 valence electrons. The van der Waals surface area contributed by atoms with Gasteiger partial charge in [0.25, 0.3) is 5.91 Å². The lowest BCUT2D eigenvalue weighted by Gasteiger charge is -2.06. The lowest BCUT2D eigenvalue weighted by molar-refractivity contribution is 0.0953. The fourth-order valence-corrected chi connectivity index (χ4v) is 3.10. The summed E-state index contributed by atoms with van der Waals surface area (Å²) in [6.07, 6.45) is 5.27. The summed E-state index contributed by atoms with van der Waals surface area (Å²) in [5, 5.41) is 4.52. The van der Waals surface area contributed by atoms with Crippen molar-refractivity contribution in [1.29, 1.82) is 0 Å². The van der Waals surface area contributed by atoms with E-state index in [0.29, 0.717) is 10.6 Å². The highest BCUT2D eigenvalue weighted by Crippen LogP contribution is 2.34. The smallest absolute Gasteiger partial charge is 0.264 e. The first-order valence-corrected chi connectivity index (χ1v) is 7.26. The van der Waals surface area contributed by atoms with Gasteiger partial charge in [-0.1, -0.05) is 24.1 Å². The number of terminal acetylenes is 1. The highest BCUT2D eigenvalue weighted by Gasteiger charge is 2.18. The van der Waals surface area contributed by atoms with Gasteiger partial charge in [0, 0.05) is 10.8 Å². The van der Waals surface area contributed by atoms with Gasteiger partial charge in [0.1, 0.15) is 9.71 Å². The van der Waals surface area contributed by atoms with Crippen LogP contribution in [-0.4, -0.2) is 16.9 Å². The zero-order valence-electron chi connectivity index (χ0n) is 11.4. The van der Waals surface area contributed by atoms with E-state index in [2.05, 4.69) is 16.2 Å². The van der Waals surface area contributed by atoms with Crippen LogP contribution in [0.4, 0.5) is 5.69 Å². The van der Waals surface area contributed by atoms with Crippen molar-refractivity contribution >= 4 is 44.1 Å². The zero-order chi connectivity index (χ0) is 15.0. The molecule has 3 aromatic rings. The number of nitrogens with two attached hydrogens (primary N) is 1. The Bertz CT molecular complexity index is 892.